The van der Waals surface area contributed by atoms with E-state index < -0.39 is 0 Å². The van der Waals surface area contributed by atoms with Gasteiger partial charge in [0.05, 0.1) is 11.0 Å². The molecule has 0 atom stereocenters. The molecule has 7 nitrogen and oxygen atoms in total. The van der Waals surface area contributed by atoms with E-state index in [1.807, 2.05) is 24.3 Å². The number of amides is 2. The van der Waals surface area contributed by atoms with Gasteiger partial charge in [-0.25, -0.2) is 4.79 Å². The molecule has 2 aromatic rings. The summed E-state index contributed by atoms with van der Waals surface area (Å²) in [6.07, 6.45) is 0. The summed E-state index contributed by atoms with van der Waals surface area (Å²) in [5.74, 6) is -0.397. The fourth-order valence-corrected chi connectivity index (χ4v) is 2.31. The molecule has 0 spiro atoms. The highest BCUT2D eigenvalue weighted by Gasteiger charge is 2.13. The van der Waals surface area contributed by atoms with Gasteiger partial charge in [0, 0.05) is 26.1 Å². The molecule has 0 aliphatic rings. The number of hydrogen-bond acceptors (Lipinski definition) is 3. The molecule has 1 heterocycles. The van der Waals surface area contributed by atoms with Crippen molar-refractivity contribution < 1.29 is 9.59 Å². The van der Waals surface area contributed by atoms with E-state index >= 15 is 0 Å². The van der Waals surface area contributed by atoms with Crippen LogP contribution >= 0.6 is 0 Å². The number of benzene rings is 1. The number of rotatable bonds is 6. The van der Waals surface area contributed by atoms with E-state index in [1.165, 1.54) is 9.13 Å². The first-order chi connectivity index (χ1) is 10.9. The molecule has 7 heteroatoms. The summed E-state index contributed by atoms with van der Waals surface area (Å²) in [4.78, 5) is 35.6. The quantitative estimate of drug-likeness (QED) is 0.748. The van der Waals surface area contributed by atoms with Crippen LogP contribution in [-0.4, -0.2) is 34.0 Å². The Hall–Kier alpha value is -2.57. The van der Waals surface area contributed by atoms with Crippen LogP contribution in [0.25, 0.3) is 11.0 Å². The van der Waals surface area contributed by atoms with Crippen LogP contribution in [0.3, 0.4) is 0 Å². The van der Waals surface area contributed by atoms with Gasteiger partial charge in [-0.2, -0.15) is 0 Å². The molecule has 23 heavy (non-hydrogen) atoms. The third kappa shape index (κ3) is 3.80. The van der Waals surface area contributed by atoms with Crippen molar-refractivity contribution in [2.45, 2.75) is 20.4 Å². The first kappa shape index (κ1) is 16.8. The van der Waals surface area contributed by atoms with Crippen LogP contribution < -0.4 is 16.3 Å². The van der Waals surface area contributed by atoms with Gasteiger partial charge < -0.3 is 10.6 Å². The second-order valence-electron chi connectivity index (χ2n) is 5.71. The first-order valence-corrected chi connectivity index (χ1v) is 7.60. The summed E-state index contributed by atoms with van der Waals surface area (Å²) in [5, 5.41) is 5.42. The monoisotopic (exact) mass is 318 g/mol. The highest BCUT2D eigenvalue weighted by atomic mass is 16.2. The fourth-order valence-electron chi connectivity index (χ4n) is 2.31. The Balaban J connectivity index is 1.95. The van der Waals surface area contributed by atoms with Crippen LogP contribution in [0.4, 0.5) is 0 Å². The molecular formula is C16H22N4O3. The Bertz CT molecular complexity index is 773. The largest absolute Gasteiger partial charge is 0.354 e. The summed E-state index contributed by atoms with van der Waals surface area (Å²) in [6, 6.07) is 7.33. The Morgan fingerprint density at radius 3 is 2.35 bits per heavy atom. The van der Waals surface area contributed by atoms with Crippen LogP contribution in [0.15, 0.2) is 29.1 Å². The number of nitrogens with zero attached hydrogens (tertiary/aromatic N) is 2. The molecular weight excluding hydrogens is 296 g/mol. The molecule has 2 N–H and O–H groups in total. The molecule has 0 unspecified atom stereocenters. The lowest BCUT2D eigenvalue weighted by atomic mass is 10.2. The van der Waals surface area contributed by atoms with Gasteiger partial charge >= 0.3 is 5.69 Å². The van der Waals surface area contributed by atoms with Crippen molar-refractivity contribution in [3.05, 3.63) is 34.7 Å². The number of carbonyl (C=O) groups is 2. The Morgan fingerprint density at radius 1 is 1.09 bits per heavy atom. The zero-order valence-electron chi connectivity index (χ0n) is 13.6. The summed E-state index contributed by atoms with van der Waals surface area (Å²) >= 11 is 0. The van der Waals surface area contributed by atoms with Gasteiger partial charge in [-0.1, -0.05) is 26.0 Å². The topological polar surface area (TPSA) is 85.1 Å². The summed E-state index contributed by atoms with van der Waals surface area (Å²) < 4.78 is 2.96. The number of imidazole rings is 1. The van der Waals surface area contributed by atoms with Crippen molar-refractivity contribution in [3.63, 3.8) is 0 Å². The Morgan fingerprint density at radius 2 is 1.70 bits per heavy atom. The van der Waals surface area contributed by atoms with Gasteiger partial charge in [0.15, 0.2) is 0 Å². The molecule has 1 aromatic carbocycles. The minimum absolute atomic E-state index is 0.0433. The molecule has 124 valence electrons. The van der Waals surface area contributed by atoms with Crippen molar-refractivity contribution in [1.82, 2.24) is 19.8 Å². The maximum atomic E-state index is 12.2. The average molecular weight is 318 g/mol. The lowest BCUT2D eigenvalue weighted by Crippen LogP contribution is -2.38. The number of para-hydroxylation sites is 2. The van der Waals surface area contributed by atoms with Crippen molar-refractivity contribution in [2.24, 2.45) is 13.0 Å². The minimum Gasteiger partial charge on any atom is -0.354 e. The van der Waals surface area contributed by atoms with Gasteiger partial charge in [0.25, 0.3) is 0 Å². The van der Waals surface area contributed by atoms with Gasteiger partial charge in [0.2, 0.25) is 11.8 Å². The molecule has 0 saturated heterocycles. The van der Waals surface area contributed by atoms with Gasteiger partial charge in [0.1, 0.15) is 6.54 Å². The number of fused-ring (bicyclic) bond motifs is 1. The maximum Gasteiger partial charge on any atom is 0.329 e. The van der Waals surface area contributed by atoms with Crippen LogP contribution in [0, 0.1) is 5.92 Å². The number of aryl methyl sites for hydroxylation is 1. The van der Waals surface area contributed by atoms with Crippen molar-refractivity contribution in [3.8, 4) is 0 Å². The van der Waals surface area contributed by atoms with Gasteiger partial charge in [-0.3, -0.25) is 18.7 Å². The van der Waals surface area contributed by atoms with E-state index in [0.717, 1.165) is 11.0 Å². The number of nitrogens with one attached hydrogen (secondary N) is 2. The molecule has 0 fully saturated rings. The van der Waals surface area contributed by atoms with E-state index in [-0.39, 0.29) is 30.0 Å². The normalized spacial score (nSPS) is 11.0. The summed E-state index contributed by atoms with van der Waals surface area (Å²) in [5.41, 5.74) is 1.28. The molecule has 0 radical (unpaired) electrons. The molecule has 1 aromatic heterocycles. The van der Waals surface area contributed by atoms with E-state index in [2.05, 4.69) is 10.6 Å². The molecule has 2 amide bonds. The number of aromatic nitrogens is 2. The SMILES string of the molecule is CC(C)C(=O)NCCNC(=O)Cn1c(=O)n(C)c2ccccc21. The molecule has 0 aliphatic heterocycles. The van der Waals surface area contributed by atoms with E-state index in [0.29, 0.717) is 13.1 Å². The zero-order chi connectivity index (χ0) is 17.0. The van der Waals surface area contributed by atoms with Crippen molar-refractivity contribution in [1.29, 1.82) is 0 Å². The third-order valence-corrected chi connectivity index (χ3v) is 3.62. The van der Waals surface area contributed by atoms with E-state index in [9.17, 15) is 14.4 Å². The van der Waals surface area contributed by atoms with E-state index in [1.54, 1.807) is 20.9 Å². The van der Waals surface area contributed by atoms with Crippen LogP contribution in [0.2, 0.25) is 0 Å². The average Bonchev–Trinajstić information content (AvgIpc) is 2.76. The lowest BCUT2D eigenvalue weighted by Gasteiger charge is -2.09. The molecule has 0 saturated carbocycles. The summed E-state index contributed by atoms with van der Waals surface area (Å²) in [6.45, 7) is 4.27. The second kappa shape index (κ2) is 7.13. The molecule has 0 bridgehead atoms. The number of hydrogen-bond donors (Lipinski definition) is 2. The smallest absolute Gasteiger partial charge is 0.329 e. The van der Waals surface area contributed by atoms with Crippen molar-refractivity contribution >= 4 is 22.8 Å². The Kier molecular flexibility index (Phi) is 5.20. The highest BCUT2D eigenvalue weighted by molar-refractivity contribution is 5.81. The predicted octanol–water partition coefficient (Wildman–Crippen LogP) is 0.228. The van der Waals surface area contributed by atoms with Crippen molar-refractivity contribution in [2.75, 3.05) is 13.1 Å². The highest BCUT2D eigenvalue weighted by Crippen LogP contribution is 2.10. The number of carbonyl (C=O) groups excluding carboxylic acids is 2. The van der Waals surface area contributed by atoms with E-state index in [4.69, 9.17) is 0 Å². The molecule has 0 aliphatic carbocycles. The molecule has 2 rings (SSSR count). The standard InChI is InChI=1S/C16H22N4O3/c1-11(2)15(22)18-9-8-17-14(21)10-20-13-7-5-4-6-12(13)19(3)16(20)23/h4-7,11H,8-10H2,1-3H3,(H,17,21)(H,18,22). The van der Waals surface area contributed by atoms with Gasteiger partial charge in [-0.05, 0) is 12.1 Å². The first-order valence-electron chi connectivity index (χ1n) is 7.60. The predicted molar refractivity (Wildman–Crippen MR) is 88.0 cm³/mol. The third-order valence-electron chi connectivity index (χ3n) is 3.62. The fraction of sp³-hybridized carbons (Fsp3) is 0.438. The lowest BCUT2D eigenvalue weighted by molar-refractivity contribution is -0.124. The Labute approximate surface area is 134 Å². The van der Waals surface area contributed by atoms with Gasteiger partial charge in [-0.15, -0.1) is 0 Å². The van der Waals surface area contributed by atoms with Crippen LogP contribution in [0.1, 0.15) is 13.8 Å². The summed E-state index contributed by atoms with van der Waals surface area (Å²) in [7, 11) is 1.68. The second-order valence-corrected chi connectivity index (χ2v) is 5.71. The van der Waals surface area contributed by atoms with Crippen LogP contribution in [-0.2, 0) is 23.2 Å². The minimum atomic E-state index is -0.262. The maximum absolute atomic E-state index is 12.2. The van der Waals surface area contributed by atoms with Crippen LogP contribution in [0.5, 0.6) is 0 Å². The zero-order valence-corrected chi connectivity index (χ0v) is 13.6.